The second kappa shape index (κ2) is 2.88. The molecule has 0 aliphatic heterocycles. The van der Waals surface area contributed by atoms with E-state index < -0.39 is 0 Å². The molecule has 2 heterocycles. The maximum absolute atomic E-state index is 12.9. The molecule has 2 aromatic heterocycles. The lowest BCUT2D eigenvalue weighted by Crippen LogP contribution is -1.99. The second-order valence-corrected chi connectivity index (χ2v) is 3.04. The number of H-pyrrole nitrogens is 1. The number of nitrogens with zero attached hydrogens (tertiary/aromatic N) is 4. The smallest absolute Gasteiger partial charge is 0.220 e. The van der Waals surface area contributed by atoms with E-state index in [0.717, 1.165) is 0 Å². The summed E-state index contributed by atoms with van der Waals surface area (Å²) in [5.41, 5.74) is 1.67. The average Bonchev–Trinajstić information content (AvgIpc) is 2.76. The Balaban J connectivity index is 2.17. The van der Waals surface area contributed by atoms with Crippen LogP contribution >= 0.6 is 0 Å². The zero-order valence-corrected chi connectivity index (χ0v) is 7.55. The number of hydrogen-bond acceptors (Lipinski definition) is 3. The molecule has 1 N–H and O–H groups in total. The molecule has 3 rings (SSSR count). The Kier molecular flexibility index (Phi) is 1.55. The lowest BCUT2D eigenvalue weighted by Gasteiger charge is -1.97. The first-order valence-electron chi connectivity index (χ1n) is 4.35. The number of aromatic amines is 1. The van der Waals surface area contributed by atoms with Crippen LogP contribution in [0.3, 0.4) is 0 Å². The Morgan fingerprint density at radius 3 is 3.00 bits per heavy atom. The van der Waals surface area contributed by atoms with Crippen molar-refractivity contribution in [2.45, 2.75) is 0 Å². The summed E-state index contributed by atoms with van der Waals surface area (Å²) in [6.07, 6.45) is 1.51. The standard InChI is InChI=1S/C9H6FN5/c10-6-2-1-3-7(4-6)15-13-8-9(14-15)12-5-11-8/h1-5H,(H,11,12,13,14). The Labute approximate surface area is 83.6 Å². The maximum Gasteiger partial charge on any atom is 0.220 e. The van der Waals surface area contributed by atoms with Gasteiger partial charge in [-0.2, -0.15) is 0 Å². The van der Waals surface area contributed by atoms with Gasteiger partial charge in [0, 0.05) is 6.07 Å². The third-order valence-corrected chi connectivity index (χ3v) is 2.02. The summed E-state index contributed by atoms with van der Waals surface area (Å²) in [4.78, 5) is 8.11. The quantitative estimate of drug-likeness (QED) is 0.648. The van der Waals surface area contributed by atoms with Crippen molar-refractivity contribution in [1.29, 1.82) is 0 Å². The summed E-state index contributed by atoms with van der Waals surface area (Å²) >= 11 is 0. The Hall–Kier alpha value is -2.24. The number of aromatic nitrogens is 5. The minimum absolute atomic E-state index is 0.318. The van der Waals surface area contributed by atoms with Crippen LogP contribution in [0.4, 0.5) is 4.39 Å². The van der Waals surface area contributed by atoms with Gasteiger partial charge >= 0.3 is 0 Å². The van der Waals surface area contributed by atoms with Crippen LogP contribution in [0, 0.1) is 5.82 Å². The van der Waals surface area contributed by atoms with Gasteiger partial charge < -0.3 is 4.98 Å². The van der Waals surface area contributed by atoms with Crippen LogP contribution in [0.1, 0.15) is 0 Å². The normalized spacial score (nSPS) is 11.0. The molecule has 0 spiro atoms. The molecular weight excluding hydrogens is 197 g/mol. The second-order valence-electron chi connectivity index (χ2n) is 3.04. The first-order valence-corrected chi connectivity index (χ1v) is 4.35. The molecule has 0 saturated heterocycles. The Morgan fingerprint density at radius 1 is 1.27 bits per heavy atom. The molecule has 0 unspecified atom stereocenters. The van der Waals surface area contributed by atoms with Crippen molar-refractivity contribution in [3.8, 4) is 5.69 Å². The maximum atomic E-state index is 12.9. The van der Waals surface area contributed by atoms with Gasteiger partial charge in [-0.05, 0) is 12.1 Å². The highest BCUT2D eigenvalue weighted by atomic mass is 19.1. The molecule has 74 valence electrons. The number of halogens is 1. The molecule has 1 aromatic carbocycles. The molecule has 5 nitrogen and oxygen atoms in total. The molecule has 0 aliphatic rings. The monoisotopic (exact) mass is 203 g/mol. The summed E-state index contributed by atoms with van der Waals surface area (Å²) in [5.74, 6) is -0.318. The van der Waals surface area contributed by atoms with Gasteiger partial charge in [-0.15, -0.1) is 15.0 Å². The van der Waals surface area contributed by atoms with Gasteiger partial charge in [0.15, 0.2) is 0 Å². The molecule has 3 aromatic rings. The molecule has 0 radical (unpaired) electrons. The van der Waals surface area contributed by atoms with E-state index in [1.807, 2.05) is 0 Å². The topological polar surface area (TPSA) is 59.4 Å². The summed E-state index contributed by atoms with van der Waals surface area (Å²) in [7, 11) is 0. The van der Waals surface area contributed by atoms with Crippen LogP contribution in [0.5, 0.6) is 0 Å². The first-order chi connectivity index (χ1) is 7.33. The minimum Gasteiger partial charge on any atom is -0.326 e. The fourth-order valence-electron chi connectivity index (χ4n) is 1.35. The van der Waals surface area contributed by atoms with Gasteiger partial charge in [-0.3, -0.25) is 0 Å². The predicted molar refractivity (Wildman–Crippen MR) is 51.0 cm³/mol. The molecule has 0 fully saturated rings. The van der Waals surface area contributed by atoms with Crippen molar-refractivity contribution in [3.05, 3.63) is 36.4 Å². The molecule has 0 amide bonds. The minimum atomic E-state index is -0.318. The molecular formula is C9H6FN5. The van der Waals surface area contributed by atoms with Crippen molar-refractivity contribution < 1.29 is 4.39 Å². The number of fused-ring (bicyclic) bond motifs is 1. The van der Waals surface area contributed by atoms with E-state index in [2.05, 4.69) is 20.2 Å². The average molecular weight is 203 g/mol. The number of rotatable bonds is 1. The van der Waals surface area contributed by atoms with Gasteiger partial charge in [0.25, 0.3) is 0 Å². The lowest BCUT2D eigenvalue weighted by atomic mass is 10.3. The van der Waals surface area contributed by atoms with Gasteiger partial charge in [0.05, 0.1) is 12.0 Å². The lowest BCUT2D eigenvalue weighted by molar-refractivity contribution is 0.623. The third-order valence-electron chi connectivity index (χ3n) is 2.02. The number of benzene rings is 1. The van der Waals surface area contributed by atoms with Gasteiger partial charge in [-0.25, -0.2) is 9.37 Å². The summed E-state index contributed by atoms with van der Waals surface area (Å²) in [5, 5.41) is 8.19. The predicted octanol–water partition coefficient (Wildman–Crippen LogP) is 1.28. The van der Waals surface area contributed by atoms with Crippen LogP contribution < -0.4 is 0 Å². The van der Waals surface area contributed by atoms with E-state index in [4.69, 9.17) is 0 Å². The van der Waals surface area contributed by atoms with E-state index in [1.54, 1.807) is 12.1 Å². The number of imidazole rings is 1. The Morgan fingerprint density at radius 2 is 2.20 bits per heavy atom. The van der Waals surface area contributed by atoms with Crippen LogP contribution in [0.25, 0.3) is 17.0 Å². The summed E-state index contributed by atoms with van der Waals surface area (Å²) < 4.78 is 12.9. The zero-order valence-electron chi connectivity index (χ0n) is 7.55. The number of hydrogen-bond donors (Lipinski definition) is 1. The fraction of sp³-hybridized carbons (Fsp3) is 0. The number of nitrogens with one attached hydrogen (secondary N) is 1. The van der Waals surface area contributed by atoms with Crippen LogP contribution in [0.15, 0.2) is 30.6 Å². The van der Waals surface area contributed by atoms with Crippen LogP contribution in [-0.4, -0.2) is 25.0 Å². The molecule has 15 heavy (non-hydrogen) atoms. The molecule has 6 heteroatoms. The molecule has 0 aliphatic carbocycles. The Bertz CT molecular complexity index is 583. The van der Waals surface area contributed by atoms with Crippen molar-refractivity contribution >= 4 is 11.3 Å². The summed E-state index contributed by atoms with van der Waals surface area (Å²) in [6.45, 7) is 0. The van der Waals surface area contributed by atoms with Gasteiger partial charge in [0.1, 0.15) is 5.82 Å². The molecule has 0 saturated carbocycles. The van der Waals surface area contributed by atoms with Crippen LogP contribution in [-0.2, 0) is 0 Å². The SMILES string of the molecule is Fc1cccc(-n2nc3nc[nH]c3n2)c1. The molecule has 0 bridgehead atoms. The highest BCUT2D eigenvalue weighted by molar-refractivity contribution is 5.63. The fourth-order valence-corrected chi connectivity index (χ4v) is 1.35. The third kappa shape index (κ3) is 1.26. The zero-order chi connectivity index (χ0) is 10.3. The van der Waals surface area contributed by atoms with Crippen molar-refractivity contribution in [2.75, 3.05) is 0 Å². The first kappa shape index (κ1) is 8.10. The highest BCUT2D eigenvalue weighted by Crippen LogP contribution is 2.09. The van der Waals surface area contributed by atoms with E-state index in [0.29, 0.717) is 17.0 Å². The van der Waals surface area contributed by atoms with E-state index in [9.17, 15) is 4.39 Å². The van der Waals surface area contributed by atoms with E-state index in [-0.39, 0.29) is 5.82 Å². The van der Waals surface area contributed by atoms with Crippen molar-refractivity contribution in [3.63, 3.8) is 0 Å². The largest absolute Gasteiger partial charge is 0.326 e. The van der Waals surface area contributed by atoms with Crippen molar-refractivity contribution in [2.24, 2.45) is 0 Å². The van der Waals surface area contributed by atoms with Gasteiger partial charge in [0.2, 0.25) is 11.3 Å². The van der Waals surface area contributed by atoms with Gasteiger partial charge in [-0.1, -0.05) is 6.07 Å². The summed E-state index contributed by atoms with van der Waals surface area (Å²) in [6, 6.07) is 6.06. The highest BCUT2D eigenvalue weighted by Gasteiger charge is 2.06. The molecule has 0 atom stereocenters. The van der Waals surface area contributed by atoms with Crippen molar-refractivity contribution in [1.82, 2.24) is 25.0 Å². The van der Waals surface area contributed by atoms with E-state index >= 15 is 0 Å². The van der Waals surface area contributed by atoms with Crippen LogP contribution in [0.2, 0.25) is 0 Å². The van der Waals surface area contributed by atoms with E-state index in [1.165, 1.54) is 23.3 Å².